The van der Waals surface area contributed by atoms with Gasteiger partial charge in [-0.3, -0.25) is 15.0 Å². The normalized spacial score (nSPS) is 11.3. The Morgan fingerprint density at radius 1 is 0.947 bits per heavy atom. The molecule has 0 aliphatic rings. The lowest BCUT2D eigenvalue weighted by atomic mass is 9.99. The molecule has 0 aliphatic carbocycles. The number of nitrogens with zero attached hydrogens (tertiary/aromatic N) is 1. The summed E-state index contributed by atoms with van der Waals surface area (Å²) in [4.78, 5) is 42.2. The summed E-state index contributed by atoms with van der Waals surface area (Å²) in [5.74, 6) is -2.52. The summed E-state index contributed by atoms with van der Waals surface area (Å²) < 4.78 is 5.22. The number of hydrogen-bond acceptors (Lipinski definition) is 7. The zero-order chi connectivity index (χ0) is 26.9. The predicted octanol–water partition coefficient (Wildman–Crippen LogP) is 5.79. The molecule has 0 spiro atoms. The molecule has 0 aliphatic heterocycles. The van der Waals surface area contributed by atoms with Crippen molar-refractivity contribution in [3.63, 3.8) is 0 Å². The van der Waals surface area contributed by atoms with Crippen LogP contribution in [0.15, 0.2) is 90.3 Å². The number of aromatic nitrogens is 1. The first kappa shape index (κ1) is 26.4. The van der Waals surface area contributed by atoms with Crippen molar-refractivity contribution in [1.82, 2.24) is 4.98 Å². The van der Waals surface area contributed by atoms with E-state index in [4.69, 9.17) is 10.1 Å². The summed E-state index contributed by atoms with van der Waals surface area (Å²) >= 11 is 1.23. The number of carbonyl (C=O) groups excluding carboxylic acids is 3. The fourth-order valence-electron chi connectivity index (χ4n) is 3.67. The fraction of sp³-hybridized carbons (Fsp3) is 0.138. The third-order valence-corrected chi connectivity index (χ3v) is 6.45. The topological polar surface area (TPSA) is 121 Å². The summed E-state index contributed by atoms with van der Waals surface area (Å²) in [6.07, 6.45) is 0.256. The van der Waals surface area contributed by atoms with E-state index in [1.54, 1.807) is 48.7 Å². The van der Waals surface area contributed by atoms with Crippen LogP contribution in [0.4, 0.5) is 10.8 Å². The van der Waals surface area contributed by atoms with E-state index < -0.39 is 23.5 Å². The van der Waals surface area contributed by atoms with Gasteiger partial charge in [-0.05, 0) is 36.2 Å². The van der Waals surface area contributed by atoms with Crippen molar-refractivity contribution in [2.24, 2.45) is 5.92 Å². The van der Waals surface area contributed by atoms with Crippen LogP contribution in [0.3, 0.4) is 0 Å². The smallest absolute Gasteiger partial charge is 0.353 e. The van der Waals surface area contributed by atoms with Crippen molar-refractivity contribution >= 4 is 45.7 Å². The molecule has 1 atom stereocenters. The van der Waals surface area contributed by atoms with Gasteiger partial charge in [0.05, 0.1) is 11.6 Å². The van der Waals surface area contributed by atoms with E-state index >= 15 is 0 Å². The third-order valence-electron chi connectivity index (χ3n) is 5.69. The van der Waals surface area contributed by atoms with Crippen LogP contribution in [0, 0.1) is 11.3 Å². The highest BCUT2D eigenvalue weighted by Crippen LogP contribution is 2.27. The molecule has 0 saturated carbocycles. The van der Waals surface area contributed by atoms with Gasteiger partial charge in [0, 0.05) is 22.2 Å². The molecule has 0 fully saturated rings. The molecule has 1 unspecified atom stereocenters. The number of hydrogen-bond donors (Lipinski definition) is 3. The quantitative estimate of drug-likeness (QED) is 0.178. The molecule has 4 rings (SSSR count). The second kappa shape index (κ2) is 12.6. The molecule has 4 aromatic rings. The van der Waals surface area contributed by atoms with E-state index in [-0.39, 0.29) is 18.9 Å². The lowest BCUT2D eigenvalue weighted by molar-refractivity contribution is -0.137. The molecule has 3 aromatic carbocycles. The van der Waals surface area contributed by atoms with Gasteiger partial charge in [0.25, 0.3) is 5.91 Å². The first-order valence-corrected chi connectivity index (χ1v) is 12.8. The lowest BCUT2D eigenvalue weighted by Crippen LogP contribution is -2.34. The highest BCUT2D eigenvalue weighted by molar-refractivity contribution is 7.14. The minimum atomic E-state index is -0.970. The number of carbonyl (C=O) groups is 3. The summed E-state index contributed by atoms with van der Waals surface area (Å²) in [7, 11) is 0. The first-order valence-electron chi connectivity index (χ1n) is 12.0. The number of thiazole rings is 1. The summed E-state index contributed by atoms with van der Waals surface area (Å²) in [5, 5.41) is 15.9. The van der Waals surface area contributed by atoms with Gasteiger partial charge >= 0.3 is 5.97 Å². The standard InChI is InChI=1S/C29H26N4O4S/c1-2-23(25(30)28(36)37-17-19-10-5-3-6-11-19)27(35)33-29-32-24(18-38-29)21-14-9-15-22(16-21)31-26(34)20-12-7-4-8-13-20/h3-16,18,23,30H,2,17H2,1H3,(H,31,34)(H,32,33,35). The van der Waals surface area contributed by atoms with E-state index in [0.29, 0.717) is 22.1 Å². The van der Waals surface area contributed by atoms with Crippen LogP contribution in [0.1, 0.15) is 29.3 Å². The van der Waals surface area contributed by atoms with Gasteiger partial charge in [0.2, 0.25) is 5.91 Å². The van der Waals surface area contributed by atoms with Crippen LogP contribution in [0.2, 0.25) is 0 Å². The van der Waals surface area contributed by atoms with Gasteiger partial charge in [-0.25, -0.2) is 9.78 Å². The van der Waals surface area contributed by atoms with Gasteiger partial charge < -0.3 is 15.4 Å². The van der Waals surface area contributed by atoms with Crippen LogP contribution >= 0.6 is 11.3 Å². The maximum absolute atomic E-state index is 12.9. The number of nitrogens with one attached hydrogen (secondary N) is 3. The van der Waals surface area contributed by atoms with Crippen molar-refractivity contribution < 1.29 is 19.1 Å². The Bertz CT molecular complexity index is 1440. The van der Waals surface area contributed by atoms with Gasteiger partial charge in [0.1, 0.15) is 12.3 Å². The van der Waals surface area contributed by atoms with Crippen molar-refractivity contribution in [2.45, 2.75) is 20.0 Å². The molecular weight excluding hydrogens is 500 g/mol. The number of benzene rings is 3. The van der Waals surface area contributed by atoms with Crippen LogP contribution in [-0.4, -0.2) is 28.5 Å². The van der Waals surface area contributed by atoms with Crippen LogP contribution in [-0.2, 0) is 20.9 Å². The van der Waals surface area contributed by atoms with Gasteiger partial charge in [-0.2, -0.15) is 0 Å². The number of rotatable bonds is 10. The summed E-state index contributed by atoms with van der Waals surface area (Å²) in [6, 6.07) is 25.3. The molecule has 1 aromatic heterocycles. The first-order chi connectivity index (χ1) is 18.4. The van der Waals surface area contributed by atoms with Crippen LogP contribution in [0.25, 0.3) is 11.3 Å². The van der Waals surface area contributed by atoms with Gasteiger partial charge in [-0.1, -0.05) is 67.6 Å². The van der Waals surface area contributed by atoms with Gasteiger partial charge in [0.15, 0.2) is 5.13 Å². The maximum atomic E-state index is 12.9. The highest BCUT2D eigenvalue weighted by atomic mass is 32.1. The number of amides is 2. The molecule has 3 N–H and O–H groups in total. The summed E-state index contributed by atoms with van der Waals surface area (Å²) in [6.45, 7) is 1.76. The van der Waals surface area contributed by atoms with E-state index in [0.717, 1.165) is 11.1 Å². The Morgan fingerprint density at radius 2 is 1.66 bits per heavy atom. The molecule has 0 radical (unpaired) electrons. The second-order valence-electron chi connectivity index (χ2n) is 8.36. The molecule has 0 bridgehead atoms. The predicted molar refractivity (Wildman–Crippen MR) is 148 cm³/mol. The molecule has 192 valence electrons. The zero-order valence-electron chi connectivity index (χ0n) is 20.6. The molecule has 1 heterocycles. The summed E-state index contributed by atoms with van der Waals surface area (Å²) in [5.41, 5.74) is 2.94. The Morgan fingerprint density at radius 3 is 2.37 bits per heavy atom. The Balaban J connectivity index is 1.37. The lowest BCUT2D eigenvalue weighted by Gasteiger charge is -2.14. The van der Waals surface area contributed by atoms with Crippen molar-refractivity contribution in [1.29, 1.82) is 5.41 Å². The van der Waals surface area contributed by atoms with E-state index in [9.17, 15) is 14.4 Å². The monoisotopic (exact) mass is 526 g/mol. The SMILES string of the molecule is CCC(C(=N)C(=O)OCc1ccccc1)C(=O)Nc1nc(-c2cccc(NC(=O)c3ccccc3)c2)cs1. The Kier molecular flexibility index (Phi) is 8.73. The van der Waals surface area contributed by atoms with Crippen LogP contribution < -0.4 is 10.6 Å². The zero-order valence-corrected chi connectivity index (χ0v) is 21.5. The third kappa shape index (κ3) is 6.77. The van der Waals surface area contributed by atoms with Crippen molar-refractivity contribution in [2.75, 3.05) is 10.6 Å². The second-order valence-corrected chi connectivity index (χ2v) is 9.22. The largest absolute Gasteiger partial charge is 0.456 e. The molecule has 38 heavy (non-hydrogen) atoms. The average molecular weight is 527 g/mol. The van der Waals surface area contributed by atoms with Crippen LogP contribution in [0.5, 0.6) is 0 Å². The minimum absolute atomic E-state index is 0.0286. The Hall–Kier alpha value is -4.63. The fourth-order valence-corrected chi connectivity index (χ4v) is 4.39. The molecular formula is C29H26N4O4S. The highest BCUT2D eigenvalue weighted by Gasteiger charge is 2.28. The molecule has 9 heteroatoms. The Labute approximate surface area is 224 Å². The molecule has 8 nitrogen and oxygen atoms in total. The number of esters is 1. The van der Waals surface area contributed by atoms with Crippen molar-refractivity contribution in [3.05, 3.63) is 101 Å². The number of ether oxygens (including phenoxy) is 1. The van der Waals surface area contributed by atoms with E-state index in [2.05, 4.69) is 15.6 Å². The molecule has 0 saturated heterocycles. The van der Waals surface area contributed by atoms with E-state index in [1.165, 1.54) is 11.3 Å². The maximum Gasteiger partial charge on any atom is 0.353 e. The van der Waals surface area contributed by atoms with Crippen molar-refractivity contribution in [3.8, 4) is 11.3 Å². The van der Waals surface area contributed by atoms with E-state index in [1.807, 2.05) is 48.5 Å². The molecule has 2 amide bonds. The average Bonchev–Trinajstić information content (AvgIpc) is 3.41. The number of anilines is 2. The minimum Gasteiger partial charge on any atom is -0.456 e. The van der Waals surface area contributed by atoms with Gasteiger partial charge in [-0.15, -0.1) is 11.3 Å².